The maximum Gasteiger partial charge on any atom is 0.270 e. The Kier molecular flexibility index (Phi) is 4.53. The number of nitro groups is 1. The average Bonchev–Trinajstić information content (AvgIpc) is 2.53. The summed E-state index contributed by atoms with van der Waals surface area (Å²) >= 11 is 5.41. The summed E-state index contributed by atoms with van der Waals surface area (Å²) in [4.78, 5) is 35.0. The SMILES string of the molecule is CN(C(=O)c1cccc([N+](=O)[O-])c1)c1cccc(C(=O)Cl)c1. The van der Waals surface area contributed by atoms with Gasteiger partial charge >= 0.3 is 0 Å². The molecule has 7 heteroatoms. The van der Waals surface area contributed by atoms with Crippen molar-refractivity contribution < 1.29 is 14.5 Å². The van der Waals surface area contributed by atoms with Crippen molar-refractivity contribution in [3.63, 3.8) is 0 Å². The molecule has 0 radical (unpaired) electrons. The molecule has 0 aliphatic carbocycles. The zero-order chi connectivity index (χ0) is 16.3. The second kappa shape index (κ2) is 6.36. The number of non-ortho nitro benzene ring substituents is 1. The Hall–Kier alpha value is -2.73. The maximum absolute atomic E-state index is 12.4. The smallest absolute Gasteiger partial charge is 0.270 e. The van der Waals surface area contributed by atoms with E-state index in [0.29, 0.717) is 5.69 Å². The van der Waals surface area contributed by atoms with Gasteiger partial charge in [0.1, 0.15) is 0 Å². The monoisotopic (exact) mass is 318 g/mol. The first-order valence-corrected chi connectivity index (χ1v) is 6.60. The lowest BCUT2D eigenvalue weighted by Crippen LogP contribution is -2.26. The lowest BCUT2D eigenvalue weighted by Gasteiger charge is -2.17. The minimum absolute atomic E-state index is 0.163. The Morgan fingerprint density at radius 2 is 1.73 bits per heavy atom. The van der Waals surface area contributed by atoms with Gasteiger partial charge in [0, 0.05) is 36.0 Å². The molecule has 0 saturated carbocycles. The van der Waals surface area contributed by atoms with Gasteiger partial charge in [0.2, 0.25) is 0 Å². The maximum atomic E-state index is 12.4. The summed E-state index contributed by atoms with van der Waals surface area (Å²) in [6.45, 7) is 0. The first-order chi connectivity index (χ1) is 10.4. The predicted octanol–water partition coefficient (Wildman–Crippen LogP) is 3.25. The molecule has 2 aromatic carbocycles. The van der Waals surface area contributed by atoms with E-state index in [0.717, 1.165) is 0 Å². The van der Waals surface area contributed by atoms with Crippen LogP contribution in [-0.4, -0.2) is 23.1 Å². The summed E-state index contributed by atoms with van der Waals surface area (Å²) in [6.07, 6.45) is 0. The summed E-state index contributed by atoms with van der Waals surface area (Å²) < 4.78 is 0. The molecule has 0 N–H and O–H groups in total. The molecule has 0 spiro atoms. The fourth-order valence-corrected chi connectivity index (χ4v) is 2.02. The van der Waals surface area contributed by atoms with E-state index in [2.05, 4.69) is 0 Å². The van der Waals surface area contributed by atoms with Crippen molar-refractivity contribution in [3.05, 3.63) is 69.8 Å². The van der Waals surface area contributed by atoms with Crippen LogP contribution in [0.4, 0.5) is 11.4 Å². The number of carbonyl (C=O) groups is 2. The second-order valence-corrected chi connectivity index (χ2v) is 4.84. The molecule has 0 fully saturated rings. The third-order valence-corrected chi connectivity index (χ3v) is 3.29. The molecule has 0 atom stereocenters. The molecule has 6 nitrogen and oxygen atoms in total. The molecule has 2 aromatic rings. The number of nitro benzene ring substituents is 1. The highest BCUT2D eigenvalue weighted by atomic mass is 35.5. The highest BCUT2D eigenvalue weighted by molar-refractivity contribution is 6.67. The number of benzene rings is 2. The molecular formula is C15H11ClN2O4. The Balaban J connectivity index is 2.33. The highest BCUT2D eigenvalue weighted by Crippen LogP contribution is 2.20. The van der Waals surface area contributed by atoms with Gasteiger partial charge in [-0.15, -0.1) is 0 Å². The molecule has 0 bridgehead atoms. The standard InChI is InChI=1S/C15H11ClN2O4/c1-17(12-6-2-4-10(8-12)14(16)19)15(20)11-5-3-7-13(9-11)18(21)22/h2-9H,1H3. The number of rotatable bonds is 4. The number of nitrogens with zero attached hydrogens (tertiary/aromatic N) is 2. The summed E-state index contributed by atoms with van der Waals surface area (Å²) in [7, 11) is 1.51. The van der Waals surface area contributed by atoms with E-state index in [1.54, 1.807) is 12.1 Å². The van der Waals surface area contributed by atoms with E-state index in [9.17, 15) is 19.7 Å². The normalized spacial score (nSPS) is 10.1. The molecule has 112 valence electrons. The van der Waals surface area contributed by atoms with Crippen molar-refractivity contribution >= 4 is 34.1 Å². The van der Waals surface area contributed by atoms with Crippen LogP contribution >= 0.6 is 11.6 Å². The molecule has 0 heterocycles. The topological polar surface area (TPSA) is 80.5 Å². The van der Waals surface area contributed by atoms with Crippen LogP contribution in [0.3, 0.4) is 0 Å². The molecular weight excluding hydrogens is 308 g/mol. The summed E-state index contributed by atoms with van der Waals surface area (Å²) in [6, 6.07) is 11.7. The molecule has 1 amide bonds. The lowest BCUT2D eigenvalue weighted by molar-refractivity contribution is -0.384. The summed E-state index contributed by atoms with van der Waals surface area (Å²) in [5, 5.41) is 10.1. The molecule has 0 aliphatic rings. The average molecular weight is 319 g/mol. The van der Waals surface area contributed by atoms with Gasteiger partial charge in [0.05, 0.1) is 4.92 Å². The molecule has 0 saturated heterocycles. The number of hydrogen-bond acceptors (Lipinski definition) is 4. The van der Waals surface area contributed by atoms with Crippen molar-refractivity contribution in [2.24, 2.45) is 0 Å². The number of hydrogen-bond donors (Lipinski definition) is 0. The van der Waals surface area contributed by atoms with E-state index in [1.807, 2.05) is 0 Å². The zero-order valence-corrected chi connectivity index (χ0v) is 12.3. The predicted molar refractivity (Wildman–Crippen MR) is 82.5 cm³/mol. The fourth-order valence-electron chi connectivity index (χ4n) is 1.90. The molecule has 0 aromatic heterocycles. The van der Waals surface area contributed by atoms with Crippen molar-refractivity contribution in [1.29, 1.82) is 0 Å². The van der Waals surface area contributed by atoms with E-state index < -0.39 is 16.1 Å². The second-order valence-electron chi connectivity index (χ2n) is 4.50. The van der Waals surface area contributed by atoms with E-state index in [-0.39, 0.29) is 16.8 Å². The van der Waals surface area contributed by atoms with E-state index in [4.69, 9.17) is 11.6 Å². The lowest BCUT2D eigenvalue weighted by atomic mass is 10.1. The van der Waals surface area contributed by atoms with Gasteiger partial charge in [-0.05, 0) is 35.9 Å². The third kappa shape index (κ3) is 3.29. The Morgan fingerprint density at radius 3 is 2.36 bits per heavy atom. The molecule has 2 rings (SSSR count). The van der Waals surface area contributed by atoms with Crippen LogP contribution in [0, 0.1) is 10.1 Å². The minimum Gasteiger partial charge on any atom is -0.311 e. The van der Waals surface area contributed by atoms with Crippen LogP contribution in [0.5, 0.6) is 0 Å². The molecule has 22 heavy (non-hydrogen) atoms. The number of amides is 1. The van der Waals surface area contributed by atoms with Crippen molar-refractivity contribution in [2.75, 3.05) is 11.9 Å². The summed E-state index contributed by atoms with van der Waals surface area (Å²) in [5.74, 6) is -0.428. The van der Waals surface area contributed by atoms with Crippen LogP contribution in [0.1, 0.15) is 20.7 Å². The van der Waals surface area contributed by atoms with Crippen LogP contribution in [0.2, 0.25) is 0 Å². The largest absolute Gasteiger partial charge is 0.311 e. The van der Waals surface area contributed by atoms with Gasteiger partial charge in [-0.2, -0.15) is 0 Å². The van der Waals surface area contributed by atoms with Crippen LogP contribution in [0.15, 0.2) is 48.5 Å². The van der Waals surface area contributed by atoms with Crippen molar-refractivity contribution in [3.8, 4) is 0 Å². The van der Waals surface area contributed by atoms with Gasteiger partial charge in [0.25, 0.3) is 16.8 Å². The van der Waals surface area contributed by atoms with Crippen LogP contribution in [0.25, 0.3) is 0 Å². The Morgan fingerprint density at radius 1 is 1.09 bits per heavy atom. The number of carbonyl (C=O) groups excluding carboxylic acids is 2. The molecule has 0 unspecified atom stereocenters. The van der Waals surface area contributed by atoms with Gasteiger partial charge in [-0.3, -0.25) is 19.7 Å². The number of anilines is 1. The fraction of sp³-hybridized carbons (Fsp3) is 0.0667. The van der Waals surface area contributed by atoms with E-state index >= 15 is 0 Å². The first-order valence-electron chi connectivity index (χ1n) is 6.22. The third-order valence-electron chi connectivity index (χ3n) is 3.07. The Bertz CT molecular complexity index is 761. The van der Waals surface area contributed by atoms with Gasteiger partial charge < -0.3 is 4.90 Å². The highest BCUT2D eigenvalue weighted by Gasteiger charge is 2.17. The van der Waals surface area contributed by atoms with Crippen LogP contribution < -0.4 is 4.90 Å². The van der Waals surface area contributed by atoms with Gasteiger partial charge in [-0.1, -0.05) is 12.1 Å². The zero-order valence-electron chi connectivity index (χ0n) is 11.5. The van der Waals surface area contributed by atoms with Crippen molar-refractivity contribution in [1.82, 2.24) is 0 Å². The number of halogens is 1. The van der Waals surface area contributed by atoms with Gasteiger partial charge in [0.15, 0.2) is 0 Å². The first kappa shape index (κ1) is 15.7. The van der Waals surface area contributed by atoms with Crippen LogP contribution in [-0.2, 0) is 0 Å². The molecule has 0 aliphatic heterocycles. The summed E-state index contributed by atoms with van der Waals surface area (Å²) in [5.41, 5.74) is 0.740. The van der Waals surface area contributed by atoms with E-state index in [1.165, 1.54) is 48.3 Å². The Labute approximate surface area is 131 Å². The minimum atomic E-state index is -0.627. The van der Waals surface area contributed by atoms with Crippen molar-refractivity contribution in [2.45, 2.75) is 0 Å². The van der Waals surface area contributed by atoms with Gasteiger partial charge in [-0.25, -0.2) is 0 Å². The quantitative estimate of drug-likeness (QED) is 0.492.